The molecule has 0 heterocycles. The molecule has 0 fully saturated rings. The summed E-state index contributed by atoms with van der Waals surface area (Å²) in [5, 5.41) is 19.3. The number of anilines is 1. The van der Waals surface area contributed by atoms with Crippen LogP contribution in [0.2, 0.25) is 0 Å². The molecule has 0 aromatic heterocycles. The van der Waals surface area contributed by atoms with Crippen molar-refractivity contribution in [3.8, 4) is 6.07 Å². The fraction of sp³-hybridized carbons (Fsp3) is 0.300. The first-order valence-electron chi connectivity index (χ1n) is 4.38. The van der Waals surface area contributed by atoms with Gasteiger partial charge in [0.2, 0.25) is 0 Å². The van der Waals surface area contributed by atoms with Crippen LogP contribution in [0.1, 0.15) is 5.56 Å². The molecule has 0 N–H and O–H groups in total. The van der Waals surface area contributed by atoms with Crippen molar-refractivity contribution in [1.29, 1.82) is 5.26 Å². The molecule has 5 heteroatoms. The van der Waals surface area contributed by atoms with E-state index in [0.29, 0.717) is 11.3 Å². The van der Waals surface area contributed by atoms with Gasteiger partial charge < -0.3 is 4.90 Å². The van der Waals surface area contributed by atoms with Gasteiger partial charge in [0.25, 0.3) is 5.69 Å². The first-order chi connectivity index (χ1) is 7.06. The third-order valence-corrected chi connectivity index (χ3v) is 2.00. The number of nitriles is 1. The topological polar surface area (TPSA) is 70.2 Å². The van der Waals surface area contributed by atoms with E-state index in [-0.39, 0.29) is 12.1 Å². The van der Waals surface area contributed by atoms with Crippen LogP contribution in [-0.4, -0.2) is 19.0 Å². The zero-order chi connectivity index (χ0) is 11.4. The molecule has 1 rings (SSSR count). The lowest BCUT2D eigenvalue weighted by atomic mass is 10.1. The van der Waals surface area contributed by atoms with E-state index in [1.54, 1.807) is 31.1 Å². The summed E-state index contributed by atoms with van der Waals surface area (Å²) < 4.78 is 0. The molecule has 0 unspecified atom stereocenters. The van der Waals surface area contributed by atoms with Crippen molar-refractivity contribution in [3.05, 3.63) is 33.9 Å². The van der Waals surface area contributed by atoms with Gasteiger partial charge in [-0.15, -0.1) is 0 Å². The maximum atomic E-state index is 10.8. The molecule has 0 bridgehead atoms. The van der Waals surface area contributed by atoms with Gasteiger partial charge in [0, 0.05) is 20.2 Å². The molecular formula is C10H11N3O2. The predicted molar refractivity (Wildman–Crippen MR) is 56.7 cm³/mol. The summed E-state index contributed by atoms with van der Waals surface area (Å²) in [4.78, 5) is 12.0. The Bertz CT molecular complexity index is 421. The second kappa shape index (κ2) is 4.42. The van der Waals surface area contributed by atoms with Gasteiger partial charge in [-0.25, -0.2) is 0 Å². The van der Waals surface area contributed by atoms with E-state index in [4.69, 9.17) is 5.26 Å². The SMILES string of the molecule is CN(C)c1ccc(CC#N)cc1[N+](=O)[O-]. The second-order valence-corrected chi connectivity index (χ2v) is 3.31. The molecular weight excluding hydrogens is 194 g/mol. The zero-order valence-corrected chi connectivity index (χ0v) is 8.60. The smallest absolute Gasteiger partial charge is 0.292 e. The average molecular weight is 205 g/mol. The molecule has 0 atom stereocenters. The van der Waals surface area contributed by atoms with Crippen LogP contribution < -0.4 is 4.90 Å². The summed E-state index contributed by atoms with van der Waals surface area (Å²) in [6, 6.07) is 6.79. The van der Waals surface area contributed by atoms with Crippen LogP contribution in [0.15, 0.2) is 18.2 Å². The van der Waals surface area contributed by atoms with Crippen LogP contribution in [0.25, 0.3) is 0 Å². The number of nitro benzene ring substituents is 1. The lowest BCUT2D eigenvalue weighted by Crippen LogP contribution is -2.11. The van der Waals surface area contributed by atoms with Crippen molar-refractivity contribution >= 4 is 11.4 Å². The molecule has 5 nitrogen and oxygen atoms in total. The minimum Gasteiger partial charge on any atom is -0.372 e. The van der Waals surface area contributed by atoms with Crippen LogP contribution in [0.5, 0.6) is 0 Å². The Kier molecular flexibility index (Phi) is 3.24. The number of benzene rings is 1. The molecule has 1 aromatic carbocycles. The monoisotopic (exact) mass is 205 g/mol. The quantitative estimate of drug-likeness (QED) is 0.556. The van der Waals surface area contributed by atoms with E-state index in [1.807, 2.05) is 6.07 Å². The van der Waals surface area contributed by atoms with Crippen LogP contribution in [0.4, 0.5) is 11.4 Å². The molecule has 0 aliphatic heterocycles. The van der Waals surface area contributed by atoms with Gasteiger partial charge in [-0.3, -0.25) is 10.1 Å². The Labute approximate surface area is 87.7 Å². The second-order valence-electron chi connectivity index (χ2n) is 3.31. The van der Waals surface area contributed by atoms with Gasteiger partial charge in [-0.2, -0.15) is 5.26 Å². The van der Waals surface area contributed by atoms with E-state index >= 15 is 0 Å². The molecule has 0 radical (unpaired) electrons. The Hall–Kier alpha value is -2.09. The molecule has 1 aromatic rings. The maximum Gasteiger partial charge on any atom is 0.292 e. The van der Waals surface area contributed by atoms with Crippen molar-refractivity contribution in [2.75, 3.05) is 19.0 Å². The van der Waals surface area contributed by atoms with Crippen LogP contribution in [0, 0.1) is 21.4 Å². The first kappa shape index (κ1) is 11.0. The van der Waals surface area contributed by atoms with Crippen LogP contribution in [-0.2, 0) is 6.42 Å². The molecule has 0 aliphatic carbocycles. The van der Waals surface area contributed by atoms with E-state index < -0.39 is 4.92 Å². The van der Waals surface area contributed by atoms with Crippen LogP contribution >= 0.6 is 0 Å². The highest BCUT2D eigenvalue weighted by Gasteiger charge is 2.15. The van der Waals surface area contributed by atoms with Crippen molar-refractivity contribution in [1.82, 2.24) is 0 Å². The third-order valence-electron chi connectivity index (χ3n) is 2.00. The predicted octanol–water partition coefficient (Wildman–Crippen LogP) is 1.73. The van der Waals surface area contributed by atoms with E-state index in [0.717, 1.165) is 0 Å². The molecule has 0 amide bonds. The van der Waals surface area contributed by atoms with E-state index in [1.165, 1.54) is 6.07 Å². The molecule has 0 aliphatic rings. The molecule has 78 valence electrons. The van der Waals surface area contributed by atoms with Gasteiger partial charge >= 0.3 is 0 Å². The highest BCUT2D eigenvalue weighted by Crippen LogP contribution is 2.27. The summed E-state index contributed by atoms with van der Waals surface area (Å²) in [6.45, 7) is 0. The number of nitrogens with zero attached hydrogens (tertiary/aromatic N) is 3. The van der Waals surface area contributed by atoms with Crippen molar-refractivity contribution < 1.29 is 4.92 Å². The van der Waals surface area contributed by atoms with Crippen LogP contribution in [0.3, 0.4) is 0 Å². The zero-order valence-electron chi connectivity index (χ0n) is 8.60. The number of rotatable bonds is 3. The summed E-state index contributed by atoms with van der Waals surface area (Å²) >= 11 is 0. The average Bonchev–Trinajstić information content (AvgIpc) is 2.17. The first-order valence-corrected chi connectivity index (χ1v) is 4.38. The standard InChI is InChI=1S/C10H11N3O2/c1-12(2)9-4-3-8(5-6-11)7-10(9)13(14)15/h3-4,7H,5H2,1-2H3. The Morgan fingerprint density at radius 2 is 2.20 bits per heavy atom. The van der Waals surface area contributed by atoms with E-state index in [2.05, 4.69) is 0 Å². The maximum absolute atomic E-state index is 10.8. The van der Waals surface area contributed by atoms with E-state index in [9.17, 15) is 10.1 Å². The lowest BCUT2D eigenvalue weighted by Gasteiger charge is -2.12. The van der Waals surface area contributed by atoms with Crippen molar-refractivity contribution in [2.24, 2.45) is 0 Å². The summed E-state index contributed by atoms with van der Waals surface area (Å²) in [7, 11) is 3.48. The molecule has 0 saturated heterocycles. The van der Waals surface area contributed by atoms with Gasteiger partial charge in [-0.1, -0.05) is 6.07 Å². The normalized spacial score (nSPS) is 9.40. The fourth-order valence-corrected chi connectivity index (χ4v) is 1.29. The van der Waals surface area contributed by atoms with Gasteiger partial charge in [0.15, 0.2) is 0 Å². The molecule has 0 saturated carbocycles. The highest BCUT2D eigenvalue weighted by molar-refractivity contribution is 5.63. The highest BCUT2D eigenvalue weighted by atomic mass is 16.6. The number of hydrogen-bond donors (Lipinski definition) is 0. The molecule has 15 heavy (non-hydrogen) atoms. The third kappa shape index (κ3) is 2.44. The van der Waals surface area contributed by atoms with Gasteiger partial charge in [0.1, 0.15) is 5.69 Å². The summed E-state index contributed by atoms with van der Waals surface area (Å²) in [5.41, 5.74) is 1.24. The number of hydrogen-bond acceptors (Lipinski definition) is 4. The Morgan fingerprint density at radius 3 is 2.67 bits per heavy atom. The summed E-state index contributed by atoms with van der Waals surface area (Å²) in [6.07, 6.45) is 0.189. The Morgan fingerprint density at radius 1 is 1.53 bits per heavy atom. The minimum absolute atomic E-state index is 0.0350. The largest absolute Gasteiger partial charge is 0.372 e. The fourth-order valence-electron chi connectivity index (χ4n) is 1.29. The van der Waals surface area contributed by atoms with Crippen molar-refractivity contribution in [3.63, 3.8) is 0 Å². The minimum atomic E-state index is -0.434. The number of nitro groups is 1. The molecule has 0 spiro atoms. The van der Waals surface area contributed by atoms with Crippen molar-refractivity contribution in [2.45, 2.75) is 6.42 Å². The lowest BCUT2D eigenvalue weighted by molar-refractivity contribution is -0.384. The van der Waals surface area contributed by atoms with Gasteiger partial charge in [-0.05, 0) is 11.6 Å². The Balaban J connectivity index is 3.22. The van der Waals surface area contributed by atoms with Gasteiger partial charge in [0.05, 0.1) is 17.4 Å². The summed E-state index contributed by atoms with van der Waals surface area (Å²) in [5.74, 6) is 0.